The third-order valence-corrected chi connectivity index (χ3v) is 4.90. The second-order valence-corrected chi connectivity index (χ2v) is 7.57. The van der Waals surface area contributed by atoms with Crippen LogP contribution in [0.3, 0.4) is 0 Å². The van der Waals surface area contributed by atoms with Crippen LogP contribution in [0.25, 0.3) is 0 Å². The Labute approximate surface area is 123 Å². The SMILES string of the molecule is Cc1cccc(NC2(CO)CCC(C(C)(C)C)CC2)c1. The molecule has 0 atom stereocenters. The van der Waals surface area contributed by atoms with E-state index in [-0.39, 0.29) is 12.1 Å². The minimum Gasteiger partial charge on any atom is -0.394 e. The largest absolute Gasteiger partial charge is 0.394 e. The molecule has 1 aliphatic rings. The molecule has 2 N–H and O–H groups in total. The molecule has 1 saturated carbocycles. The third-order valence-electron chi connectivity index (χ3n) is 4.90. The molecule has 1 aliphatic carbocycles. The highest BCUT2D eigenvalue weighted by molar-refractivity contribution is 5.47. The highest BCUT2D eigenvalue weighted by Crippen LogP contribution is 2.42. The van der Waals surface area contributed by atoms with Crippen LogP contribution in [0.4, 0.5) is 5.69 Å². The first-order valence-corrected chi connectivity index (χ1v) is 7.80. The fraction of sp³-hybridized carbons (Fsp3) is 0.667. The van der Waals surface area contributed by atoms with Gasteiger partial charge in [0.2, 0.25) is 0 Å². The molecule has 0 bridgehead atoms. The number of anilines is 1. The Bertz CT molecular complexity index is 439. The molecular weight excluding hydrogens is 246 g/mol. The molecule has 0 saturated heterocycles. The van der Waals surface area contributed by atoms with Crippen LogP contribution in [0.5, 0.6) is 0 Å². The van der Waals surface area contributed by atoms with Crippen molar-refractivity contribution in [3.8, 4) is 0 Å². The zero-order chi connectivity index (χ0) is 14.8. The van der Waals surface area contributed by atoms with Crippen molar-refractivity contribution in [3.63, 3.8) is 0 Å². The molecule has 1 aromatic carbocycles. The standard InChI is InChI=1S/C18H29NO/c1-14-6-5-7-16(12-14)19-18(13-20)10-8-15(9-11-18)17(2,3)4/h5-7,12,15,19-20H,8-11,13H2,1-4H3. The highest BCUT2D eigenvalue weighted by Gasteiger charge is 2.38. The van der Waals surface area contributed by atoms with Gasteiger partial charge < -0.3 is 10.4 Å². The summed E-state index contributed by atoms with van der Waals surface area (Å²) in [5, 5.41) is 13.5. The lowest BCUT2D eigenvalue weighted by Gasteiger charge is -2.44. The molecule has 0 heterocycles. The van der Waals surface area contributed by atoms with Crippen LogP contribution >= 0.6 is 0 Å². The van der Waals surface area contributed by atoms with Crippen molar-refractivity contribution in [1.82, 2.24) is 0 Å². The van der Waals surface area contributed by atoms with Crippen molar-refractivity contribution in [3.05, 3.63) is 29.8 Å². The Hall–Kier alpha value is -1.02. The Kier molecular flexibility index (Phi) is 4.43. The summed E-state index contributed by atoms with van der Waals surface area (Å²) in [5.41, 5.74) is 2.64. The topological polar surface area (TPSA) is 32.3 Å². The number of aryl methyl sites for hydroxylation is 1. The van der Waals surface area contributed by atoms with Gasteiger partial charge in [0.15, 0.2) is 0 Å². The quantitative estimate of drug-likeness (QED) is 0.858. The Morgan fingerprint density at radius 1 is 1.25 bits per heavy atom. The van der Waals surface area contributed by atoms with Crippen molar-refractivity contribution in [2.24, 2.45) is 11.3 Å². The lowest BCUT2D eigenvalue weighted by atomic mass is 9.67. The van der Waals surface area contributed by atoms with Gasteiger partial charge in [0.05, 0.1) is 12.1 Å². The molecule has 2 heteroatoms. The number of aliphatic hydroxyl groups is 1. The number of hydrogen-bond acceptors (Lipinski definition) is 2. The maximum atomic E-state index is 9.90. The maximum Gasteiger partial charge on any atom is 0.0661 e. The maximum absolute atomic E-state index is 9.90. The molecule has 2 rings (SSSR count). The average molecular weight is 275 g/mol. The monoisotopic (exact) mass is 275 g/mol. The van der Waals surface area contributed by atoms with Crippen LogP contribution < -0.4 is 5.32 Å². The lowest BCUT2D eigenvalue weighted by Crippen LogP contribution is -2.46. The summed E-state index contributed by atoms with van der Waals surface area (Å²) >= 11 is 0. The van der Waals surface area contributed by atoms with Gasteiger partial charge in [-0.25, -0.2) is 0 Å². The van der Waals surface area contributed by atoms with Gasteiger partial charge >= 0.3 is 0 Å². The molecule has 0 unspecified atom stereocenters. The normalized spacial score (nSPS) is 27.4. The molecule has 0 amide bonds. The predicted molar refractivity (Wildman–Crippen MR) is 86.0 cm³/mol. The highest BCUT2D eigenvalue weighted by atomic mass is 16.3. The van der Waals surface area contributed by atoms with E-state index in [1.807, 2.05) is 0 Å². The van der Waals surface area contributed by atoms with Gasteiger partial charge in [0, 0.05) is 5.69 Å². The summed E-state index contributed by atoms with van der Waals surface area (Å²) in [6.07, 6.45) is 4.50. The zero-order valence-electron chi connectivity index (χ0n) is 13.4. The minimum atomic E-state index is -0.129. The molecule has 0 spiro atoms. The van der Waals surface area contributed by atoms with Crippen LogP contribution in [0.15, 0.2) is 24.3 Å². The van der Waals surface area contributed by atoms with Gasteiger partial charge in [-0.05, 0) is 61.6 Å². The molecule has 1 aromatic rings. The molecule has 20 heavy (non-hydrogen) atoms. The van der Waals surface area contributed by atoms with Crippen LogP contribution in [0.2, 0.25) is 0 Å². The van der Waals surface area contributed by atoms with E-state index in [0.29, 0.717) is 5.41 Å². The van der Waals surface area contributed by atoms with E-state index in [2.05, 4.69) is 57.3 Å². The van der Waals surface area contributed by atoms with Gasteiger partial charge in [0.1, 0.15) is 0 Å². The van der Waals surface area contributed by atoms with E-state index in [0.717, 1.165) is 24.4 Å². The summed E-state index contributed by atoms with van der Waals surface area (Å²) in [6, 6.07) is 8.43. The van der Waals surface area contributed by atoms with E-state index < -0.39 is 0 Å². The van der Waals surface area contributed by atoms with Gasteiger partial charge in [-0.3, -0.25) is 0 Å². The summed E-state index contributed by atoms with van der Waals surface area (Å²) in [6.45, 7) is 9.32. The van der Waals surface area contributed by atoms with E-state index in [1.165, 1.54) is 18.4 Å². The van der Waals surface area contributed by atoms with Gasteiger partial charge in [0.25, 0.3) is 0 Å². The first kappa shape index (κ1) is 15.4. The van der Waals surface area contributed by atoms with Crippen LogP contribution in [-0.2, 0) is 0 Å². The average Bonchev–Trinajstić information content (AvgIpc) is 2.38. The van der Waals surface area contributed by atoms with Gasteiger partial charge in [-0.1, -0.05) is 32.9 Å². The molecule has 0 aliphatic heterocycles. The molecule has 0 radical (unpaired) electrons. The second-order valence-electron chi connectivity index (χ2n) is 7.57. The zero-order valence-corrected chi connectivity index (χ0v) is 13.4. The van der Waals surface area contributed by atoms with Crippen molar-refractivity contribution in [2.45, 2.75) is 58.9 Å². The van der Waals surface area contributed by atoms with Crippen LogP contribution in [0.1, 0.15) is 52.0 Å². The lowest BCUT2D eigenvalue weighted by molar-refractivity contribution is 0.104. The summed E-state index contributed by atoms with van der Waals surface area (Å²) in [5.74, 6) is 0.765. The molecule has 0 aromatic heterocycles. The van der Waals surface area contributed by atoms with E-state index in [9.17, 15) is 5.11 Å². The summed E-state index contributed by atoms with van der Waals surface area (Å²) in [7, 11) is 0. The number of nitrogens with one attached hydrogen (secondary N) is 1. The van der Waals surface area contributed by atoms with Crippen molar-refractivity contribution in [1.29, 1.82) is 0 Å². The van der Waals surface area contributed by atoms with E-state index >= 15 is 0 Å². The molecule has 1 fully saturated rings. The fourth-order valence-corrected chi connectivity index (χ4v) is 3.39. The van der Waals surface area contributed by atoms with Gasteiger partial charge in [-0.2, -0.15) is 0 Å². The smallest absolute Gasteiger partial charge is 0.0661 e. The number of hydrogen-bond donors (Lipinski definition) is 2. The third kappa shape index (κ3) is 3.54. The van der Waals surface area contributed by atoms with Crippen molar-refractivity contribution < 1.29 is 5.11 Å². The van der Waals surface area contributed by atoms with Crippen molar-refractivity contribution in [2.75, 3.05) is 11.9 Å². The summed E-state index contributed by atoms with van der Waals surface area (Å²) < 4.78 is 0. The number of rotatable bonds is 3. The Morgan fingerprint density at radius 2 is 1.90 bits per heavy atom. The van der Waals surface area contributed by atoms with E-state index in [4.69, 9.17) is 0 Å². The molecular formula is C18H29NO. The second kappa shape index (κ2) is 5.77. The van der Waals surface area contributed by atoms with Gasteiger partial charge in [-0.15, -0.1) is 0 Å². The molecule has 112 valence electrons. The first-order valence-electron chi connectivity index (χ1n) is 7.80. The fourth-order valence-electron chi connectivity index (χ4n) is 3.39. The predicted octanol–water partition coefficient (Wildman–Crippen LogP) is 4.37. The number of aliphatic hydroxyl groups excluding tert-OH is 1. The summed E-state index contributed by atoms with van der Waals surface area (Å²) in [4.78, 5) is 0. The number of benzene rings is 1. The van der Waals surface area contributed by atoms with E-state index in [1.54, 1.807) is 0 Å². The Balaban J connectivity index is 2.05. The minimum absolute atomic E-state index is 0.129. The van der Waals surface area contributed by atoms with Crippen LogP contribution in [0, 0.1) is 18.3 Å². The first-order chi connectivity index (χ1) is 9.35. The van der Waals surface area contributed by atoms with Crippen LogP contribution in [-0.4, -0.2) is 17.3 Å². The molecule has 2 nitrogen and oxygen atoms in total. The Morgan fingerprint density at radius 3 is 2.40 bits per heavy atom. The van der Waals surface area contributed by atoms with Crippen molar-refractivity contribution >= 4 is 5.69 Å².